The summed E-state index contributed by atoms with van der Waals surface area (Å²) in [5.74, 6) is -0.185. The first-order chi connectivity index (χ1) is 12.5. The highest BCUT2D eigenvalue weighted by molar-refractivity contribution is 5.87. The van der Waals surface area contributed by atoms with Crippen molar-refractivity contribution < 1.29 is 19.1 Å². The molecule has 26 heavy (non-hydrogen) atoms. The first-order valence-electron chi connectivity index (χ1n) is 8.39. The molecule has 2 atom stereocenters. The van der Waals surface area contributed by atoms with Gasteiger partial charge < -0.3 is 20.5 Å². The van der Waals surface area contributed by atoms with E-state index in [0.29, 0.717) is 6.42 Å². The van der Waals surface area contributed by atoms with Crippen LogP contribution in [0.1, 0.15) is 18.1 Å². The van der Waals surface area contributed by atoms with Crippen molar-refractivity contribution >= 4 is 11.9 Å². The van der Waals surface area contributed by atoms with Gasteiger partial charge in [-0.05, 0) is 30.2 Å². The van der Waals surface area contributed by atoms with Gasteiger partial charge in [0.2, 0.25) is 5.91 Å². The van der Waals surface area contributed by atoms with Gasteiger partial charge in [0.25, 0.3) is 0 Å². The van der Waals surface area contributed by atoms with Gasteiger partial charge >= 0.3 is 5.97 Å². The number of carbonyl (C=O) groups excluding carboxylic acids is 2. The number of nitrogens with one attached hydrogen (secondary N) is 1. The second kappa shape index (κ2) is 9.58. The molecule has 0 radical (unpaired) electrons. The maximum Gasteiger partial charge on any atom is 0.329 e. The lowest BCUT2D eigenvalue weighted by Gasteiger charge is -2.19. The fourth-order valence-corrected chi connectivity index (χ4v) is 2.32. The number of ether oxygens (including phenoxy) is 2. The van der Waals surface area contributed by atoms with Crippen LogP contribution < -0.4 is 15.8 Å². The van der Waals surface area contributed by atoms with Gasteiger partial charge in [-0.15, -0.1) is 0 Å². The third-order valence-electron chi connectivity index (χ3n) is 3.84. The Labute approximate surface area is 153 Å². The SMILES string of the molecule is COc1ccc(CC(NC(=O)C(C)N)C(=O)OCc2ccccc2)cc1. The van der Waals surface area contributed by atoms with Gasteiger partial charge in [0.1, 0.15) is 18.4 Å². The molecule has 0 saturated heterocycles. The number of esters is 1. The zero-order valence-electron chi connectivity index (χ0n) is 15.0. The zero-order chi connectivity index (χ0) is 18.9. The Morgan fingerprint density at radius 3 is 2.27 bits per heavy atom. The van der Waals surface area contributed by atoms with E-state index in [-0.39, 0.29) is 6.61 Å². The van der Waals surface area contributed by atoms with Crippen molar-refractivity contribution in [1.82, 2.24) is 5.32 Å². The number of hydrogen-bond acceptors (Lipinski definition) is 5. The Kier molecular flexibility index (Phi) is 7.17. The minimum atomic E-state index is -0.814. The Balaban J connectivity index is 2.05. The highest BCUT2D eigenvalue weighted by Crippen LogP contribution is 2.13. The van der Waals surface area contributed by atoms with Crippen LogP contribution in [-0.2, 0) is 27.4 Å². The third kappa shape index (κ3) is 5.89. The number of nitrogens with two attached hydrogens (primary N) is 1. The first kappa shape index (κ1) is 19.5. The van der Waals surface area contributed by atoms with E-state index in [2.05, 4.69) is 5.32 Å². The molecule has 6 heteroatoms. The quantitative estimate of drug-likeness (QED) is 0.704. The van der Waals surface area contributed by atoms with Gasteiger partial charge in [-0.2, -0.15) is 0 Å². The van der Waals surface area contributed by atoms with Gasteiger partial charge in [0.15, 0.2) is 0 Å². The topological polar surface area (TPSA) is 90.6 Å². The average molecular weight is 356 g/mol. The average Bonchev–Trinajstić information content (AvgIpc) is 2.66. The monoisotopic (exact) mass is 356 g/mol. The predicted octanol–water partition coefficient (Wildman–Crippen LogP) is 1.81. The van der Waals surface area contributed by atoms with E-state index in [9.17, 15) is 9.59 Å². The highest BCUT2D eigenvalue weighted by Gasteiger charge is 2.24. The van der Waals surface area contributed by atoms with E-state index >= 15 is 0 Å². The molecule has 1 amide bonds. The zero-order valence-corrected chi connectivity index (χ0v) is 15.0. The molecule has 2 rings (SSSR count). The van der Waals surface area contributed by atoms with Crippen LogP contribution in [0.4, 0.5) is 0 Å². The minimum absolute atomic E-state index is 0.146. The van der Waals surface area contributed by atoms with Crippen molar-refractivity contribution in [3.63, 3.8) is 0 Å². The Bertz CT molecular complexity index is 714. The van der Waals surface area contributed by atoms with Crippen LogP contribution in [0.3, 0.4) is 0 Å². The first-order valence-corrected chi connectivity index (χ1v) is 8.39. The second-order valence-corrected chi connectivity index (χ2v) is 6.00. The molecular formula is C20H24N2O4. The van der Waals surface area contributed by atoms with Gasteiger partial charge in [-0.1, -0.05) is 42.5 Å². The lowest BCUT2D eigenvalue weighted by molar-refractivity contribution is -0.149. The van der Waals surface area contributed by atoms with Crippen molar-refractivity contribution in [2.75, 3.05) is 7.11 Å². The predicted molar refractivity (Wildman–Crippen MR) is 98.5 cm³/mol. The number of hydrogen-bond donors (Lipinski definition) is 2. The molecule has 0 bridgehead atoms. The summed E-state index contributed by atoms with van der Waals surface area (Å²) in [6.45, 7) is 1.71. The van der Waals surface area contributed by atoms with Gasteiger partial charge in [0.05, 0.1) is 13.2 Å². The normalized spacial score (nSPS) is 12.7. The van der Waals surface area contributed by atoms with Crippen molar-refractivity contribution in [3.8, 4) is 5.75 Å². The molecule has 0 aliphatic rings. The fourth-order valence-electron chi connectivity index (χ4n) is 2.32. The molecular weight excluding hydrogens is 332 g/mol. The van der Waals surface area contributed by atoms with Crippen molar-refractivity contribution in [2.24, 2.45) is 5.73 Å². The number of methoxy groups -OCH3 is 1. The molecule has 0 heterocycles. The van der Waals surface area contributed by atoms with Crippen LogP contribution >= 0.6 is 0 Å². The van der Waals surface area contributed by atoms with Crippen molar-refractivity contribution in [3.05, 3.63) is 65.7 Å². The van der Waals surface area contributed by atoms with Crippen molar-refractivity contribution in [2.45, 2.75) is 32.0 Å². The molecule has 6 nitrogen and oxygen atoms in total. The van der Waals surface area contributed by atoms with Crippen LogP contribution in [0.2, 0.25) is 0 Å². The molecule has 138 valence electrons. The minimum Gasteiger partial charge on any atom is -0.497 e. The van der Waals surface area contributed by atoms with Crippen LogP contribution in [0.5, 0.6) is 5.75 Å². The number of carbonyl (C=O) groups is 2. The molecule has 0 fully saturated rings. The molecule has 2 aromatic carbocycles. The van der Waals surface area contributed by atoms with E-state index in [1.165, 1.54) is 0 Å². The summed E-state index contributed by atoms with van der Waals surface area (Å²) in [6, 6.07) is 15.1. The summed E-state index contributed by atoms with van der Waals surface area (Å²) in [6.07, 6.45) is 0.302. The maximum absolute atomic E-state index is 12.5. The van der Waals surface area contributed by atoms with E-state index < -0.39 is 24.0 Å². The summed E-state index contributed by atoms with van der Waals surface area (Å²) in [4.78, 5) is 24.5. The van der Waals surface area contributed by atoms with E-state index in [1.54, 1.807) is 26.2 Å². The van der Waals surface area contributed by atoms with E-state index in [1.807, 2.05) is 42.5 Å². The molecule has 2 aromatic rings. The molecule has 3 N–H and O–H groups in total. The van der Waals surface area contributed by atoms with E-state index in [4.69, 9.17) is 15.2 Å². The third-order valence-corrected chi connectivity index (χ3v) is 3.84. The maximum atomic E-state index is 12.5. The van der Waals surface area contributed by atoms with Gasteiger partial charge in [0, 0.05) is 6.42 Å². The summed E-state index contributed by atoms with van der Waals surface area (Å²) >= 11 is 0. The lowest BCUT2D eigenvalue weighted by atomic mass is 10.1. The van der Waals surface area contributed by atoms with Crippen LogP contribution in [0, 0.1) is 0 Å². The molecule has 0 aliphatic carbocycles. The van der Waals surface area contributed by atoms with Gasteiger partial charge in [-0.3, -0.25) is 4.79 Å². The standard InChI is InChI=1S/C20H24N2O4/c1-14(21)19(23)22-18(12-15-8-10-17(25-2)11-9-15)20(24)26-13-16-6-4-3-5-7-16/h3-11,14,18H,12-13,21H2,1-2H3,(H,22,23). The second-order valence-electron chi connectivity index (χ2n) is 6.00. The Morgan fingerprint density at radius 2 is 1.69 bits per heavy atom. The molecule has 0 aromatic heterocycles. The van der Waals surface area contributed by atoms with E-state index in [0.717, 1.165) is 16.9 Å². The lowest BCUT2D eigenvalue weighted by Crippen LogP contribution is -2.48. The fraction of sp³-hybridized carbons (Fsp3) is 0.300. The van der Waals surface area contributed by atoms with Gasteiger partial charge in [-0.25, -0.2) is 4.79 Å². The number of benzene rings is 2. The highest BCUT2D eigenvalue weighted by atomic mass is 16.5. The Hall–Kier alpha value is -2.86. The van der Waals surface area contributed by atoms with Crippen molar-refractivity contribution in [1.29, 1.82) is 0 Å². The van der Waals surface area contributed by atoms with Crippen LogP contribution in [0.25, 0.3) is 0 Å². The van der Waals surface area contributed by atoms with Crippen LogP contribution in [0.15, 0.2) is 54.6 Å². The number of rotatable bonds is 8. The number of amides is 1. The summed E-state index contributed by atoms with van der Waals surface area (Å²) < 4.78 is 10.5. The molecule has 0 saturated carbocycles. The summed E-state index contributed by atoms with van der Waals surface area (Å²) in [5, 5.41) is 2.66. The molecule has 2 unspecified atom stereocenters. The molecule has 0 aliphatic heterocycles. The summed E-state index contributed by atoms with van der Waals surface area (Å²) in [7, 11) is 1.58. The Morgan fingerprint density at radius 1 is 1.04 bits per heavy atom. The smallest absolute Gasteiger partial charge is 0.329 e. The molecule has 0 spiro atoms. The summed E-state index contributed by atoms with van der Waals surface area (Å²) in [5.41, 5.74) is 7.35. The van der Waals surface area contributed by atoms with Crippen LogP contribution in [-0.4, -0.2) is 31.1 Å². The largest absolute Gasteiger partial charge is 0.497 e.